The van der Waals surface area contributed by atoms with Crippen molar-refractivity contribution < 1.29 is 0 Å². The zero-order chi connectivity index (χ0) is 9.40. The molecule has 1 atom stereocenters. The Morgan fingerprint density at radius 1 is 1.33 bits per heavy atom. The fourth-order valence-corrected chi connectivity index (χ4v) is 1.12. The standard InChI is InChI=1S/C9H15N.C2H6/c1-8(10-2)9-6-4-3-5-7-9;1-2/h4,6-8,10H,3,5H2,1-2H3;1-2H3. The summed E-state index contributed by atoms with van der Waals surface area (Å²) < 4.78 is 0. The summed E-state index contributed by atoms with van der Waals surface area (Å²) in [4.78, 5) is 0. The van der Waals surface area contributed by atoms with Gasteiger partial charge in [0.1, 0.15) is 0 Å². The first kappa shape index (κ1) is 11.4. The van der Waals surface area contributed by atoms with Gasteiger partial charge >= 0.3 is 0 Å². The number of hydrogen-bond donors (Lipinski definition) is 1. The highest BCUT2D eigenvalue weighted by Crippen LogP contribution is 2.12. The first-order valence-electron chi connectivity index (χ1n) is 4.88. The predicted octanol–water partition coefficient (Wildman–Crippen LogP) is 2.90. The van der Waals surface area contributed by atoms with Crippen LogP contribution in [0.25, 0.3) is 0 Å². The molecular formula is C11H21N. The van der Waals surface area contributed by atoms with E-state index in [1.807, 2.05) is 20.9 Å². The molecule has 1 heteroatoms. The molecular weight excluding hydrogens is 146 g/mol. The van der Waals surface area contributed by atoms with Crippen LogP contribution < -0.4 is 5.32 Å². The van der Waals surface area contributed by atoms with Crippen molar-refractivity contribution in [1.29, 1.82) is 0 Å². The van der Waals surface area contributed by atoms with E-state index < -0.39 is 0 Å². The Kier molecular flexibility index (Phi) is 6.78. The lowest BCUT2D eigenvalue weighted by Crippen LogP contribution is -2.23. The maximum Gasteiger partial charge on any atom is 0.0285 e. The Balaban J connectivity index is 0.000000561. The number of rotatable bonds is 2. The van der Waals surface area contributed by atoms with Crippen molar-refractivity contribution >= 4 is 0 Å². The first-order chi connectivity index (χ1) is 5.84. The summed E-state index contributed by atoms with van der Waals surface area (Å²) in [7, 11) is 1.99. The molecule has 1 nitrogen and oxygen atoms in total. The predicted molar refractivity (Wildman–Crippen MR) is 56.3 cm³/mol. The Morgan fingerprint density at radius 3 is 2.42 bits per heavy atom. The molecule has 70 valence electrons. The van der Waals surface area contributed by atoms with Gasteiger partial charge in [0.2, 0.25) is 0 Å². The highest BCUT2D eigenvalue weighted by molar-refractivity contribution is 5.26. The molecule has 0 amide bonds. The average molecular weight is 167 g/mol. The molecule has 0 spiro atoms. The van der Waals surface area contributed by atoms with E-state index in [4.69, 9.17) is 0 Å². The molecule has 0 aromatic carbocycles. The van der Waals surface area contributed by atoms with E-state index >= 15 is 0 Å². The van der Waals surface area contributed by atoms with Gasteiger partial charge in [0.15, 0.2) is 0 Å². The largest absolute Gasteiger partial charge is 0.313 e. The second-order valence-electron chi connectivity index (χ2n) is 2.69. The lowest BCUT2D eigenvalue weighted by Gasteiger charge is -2.13. The normalized spacial score (nSPS) is 17.5. The molecule has 0 heterocycles. The zero-order valence-electron chi connectivity index (χ0n) is 8.72. The van der Waals surface area contributed by atoms with E-state index in [1.165, 1.54) is 18.4 Å². The van der Waals surface area contributed by atoms with Crippen LogP contribution in [0.1, 0.15) is 33.6 Å². The fraction of sp³-hybridized carbons (Fsp3) is 0.636. The van der Waals surface area contributed by atoms with Gasteiger partial charge in [-0.1, -0.05) is 32.1 Å². The summed E-state index contributed by atoms with van der Waals surface area (Å²) in [6.45, 7) is 6.18. The van der Waals surface area contributed by atoms with Crippen molar-refractivity contribution in [3.05, 3.63) is 23.8 Å². The minimum Gasteiger partial charge on any atom is -0.313 e. The fourth-order valence-electron chi connectivity index (χ4n) is 1.12. The number of hydrogen-bond acceptors (Lipinski definition) is 1. The van der Waals surface area contributed by atoms with Gasteiger partial charge in [-0.25, -0.2) is 0 Å². The Hall–Kier alpha value is -0.560. The average Bonchev–Trinajstić information content (AvgIpc) is 2.21. The van der Waals surface area contributed by atoms with Crippen LogP contribution in [0.3, 0.4) is 0 Å². The van der Waals surface area contributed by atoms with Gasteiger partial charge in [0.25, 0.3) is 0 Å². The molecule has 0 fully saturated rings. The Bertz CT molecular complexity index is 156. The quantitative estimate of drug-likeness (QED) is 0.667. The molecule has 0 saturated heterocycles. The highest BCUT2D eigenvalue weighted by atomic mass is 14.9. The van der Waals surface area contributed by atoms with Crippen LogP contribution in [0.15, 0.2) is 23.8 Å². The van der Waals surface area contributed by atoms with Crippen molar-refractivity contribution in [2.24, 2.45) is 0 Å². The van der Waals surface area contributed by atoms with E-state index in [0.717, 1.165) is 0 Å². The van der Waals surface area contributed by atoms with Crippen molar-refractivity contribution in [3.63, 3.8) is 0 Å². The topological polar surface area (TPSA) is 12.0 Å². The summed E-state index contributed by atoms with van der Waals surface area (Å²) >= 11 is 0. The summed E-state index contributed by atoms with van der Waals surface area (Å²) in [5, 5.41) is 3.22. The smallest absolute Gasteiger partial charge is 0.0285 e. The van der Waals surface area contributed by atoms with Gasteiger partial charge < -0.3 is 5.32 Å². The second-order valence-corrected chi connectivity index (χ2v) is 2.69. The monoisotopic (exact) mass is 167 g/mol. The summed E-state index contributed by atoms with van der Waals surface area (Å²) in [5.74, 6) is 0. The van der Waals surface area contributed by atoms with Crippen LogP contribution in [-0.2, 0) is 0 Å². The zero-order valence-corrected chi connectivity index (χ0v) is 8.72. The number of allylic oxidation sites excluding steroid dienone is 2. The maximum absolute atomic E-state index is 3.22. The molecule has 1 N–H and O–H groups in total. The second kappa shape index (κ2) is 7.11. The molecule has 0 radical (unpaired) electrons. The van der Waals surface area contributed by atoms with E-state index in [9.17, 15) is 0 Å². The van der Waals surface area contributed by atoms with Crippen LogP contribution in [-0.4, -0.2) is 13.1 Å². The third-order valence-electron chi connectivity index (χ3n) is 1.96. The van der Waals surface area contributed by atoms with Gasteiger partial charge in [-0.15, -0.1) is 0 Å². The van der Waals surface area contributed by atoms with Gasteiger partial charge in [0.05, 0.1) is 0 Å². The molecule has 1 aliphatic carbocycles. The maximum atomic E-state index is 3.22. The van der Waals surface area contributed by atoms with Gasteiger partial charge in [-0.2, -0.15) is 0 Å². The third kappa shape index (κ3) is 3.72. The lowest BCUT2D eigenvalue weighted by atomic mass is 10.0. The van der Waals surface area contributed by atoms with Crippen molar-refractivity contribution in [2.75, 3.05) is 7.05 Å². The Labute approximate surface area is 76.6 Å². The lowest BCUT2D eigenvalue weighted by molar-refractivity contribution is 0.697. The van der Waals surface area contributed by atoms with E-state index in [2.05, 4.69) is 30.5 Å². The molecule has 0 aromatic rings. The summed E-state index contributed by atoms with van der Waals surface area (Å²) in [6.07, 6.45) is 9.17. The first-order valence-corrected chi connectivity index (χ1v) is 4.88. The van der Waals surface area contributed by atoms with E-state index in [1.54, 1.807) is 0 Å². The molecule has 1 unspecified atom stereocenters. The third-order valence-corrected chi connectivity index (χ3v) is 1.96. The number of nitrogens with one attached hydrogen (secondary N) is 1. The molecule has 0 aliphatic heterocycles. The molecule has 1 aliphatic rings. The molecule has 1 rings (SSSR count). The van der Waals surface area contributed by atoms with Crippen LogP contribution in [0.5, 0.6) is 0 Å². The Morgan fingerprint density at radius 2 is 2.00 bits per heavy atom. The van der Waals surface area contributed by atoms with Crippen LogP contribution in [0.4, 0.5) is 0 Å². The van der Waals surface area contributed by atoms with E-state index in [0.29, 0.717) is 6.04 Å². The highest BCUT2D eigenvalue weighted by Gasteiger charge is 2.03. The minimum absolute atomic E-state index is 0.511. The number of likely N-dealkylation sites (N-methyl/N-ethyl adjacent to an activating group) is 1. The van der Waals surface area contributed by atoms with E-state index in [-0.39, 0.29) is 0 Å². The molecule has 0 bridgehead atoms. The molecule has 0 saturated carbocycles. The van der Waals surface area contributed by atoms with Crippen molar-refractivity contribution in [2.45, 2.75) is 39.7 Å². The van der Waals surface area contributed by atoms with Gasteiger partial charge in [0, 0.05) is 6.04 Å². The SMILES string of the molecule is CC.CNC(C)C1=CCCC=C1. The summed E-state index contributed by atoms with van der Waals surface area (Å²) in [6, 6.07) is 0.511. The van der Waals surface area contributed by atoms with Gasteiger partial charge in [-0.05, 0) is 32.4 Å². The molecule has 0 aromatic heterocycles. The van der Waals surface area contributed by atoms with Crippen molar-refractivity contribution in [3.8, 4) is 0 Å². The van der Waals surface area contributed by atoms with Crippen LogP contribution in [0, 0.1) is 0 Å². The van der Waals surface area contributed by atoms with Crippen LogP contribution >= 0.6 is 0 Å². The van der Waals surface area contributed by atoms with Crippen LogP contribution in [0.2, 0.25) is 0 Å². The molecule has 12 heavy (non-hydrogen) atoms. The van der Waals surface area contributed by atoms with Gasteiger partial charge in [-0.3, -0.25) is 0 Å². The van der Waals surface area contributed by atoms with Crippen molar-refractivity contribution in [1.82, 2.24) is 5.32 Å². The summed E-state index contributed by atoms with van der Waals surface area (Å²) in [5.41, 5.74) is 1.42. The minimum atomic E-state index is 0.511.